The van der Waals surface area contributed by atoms with Crippen LogP contribution in [0.4, 0.5) is 5.95 Å². The lowest BCUT2D eigenvalue weighted by molar-refractivity contribution is 0.246. The van der Waals surface area contributed by atoms with Crippen molar-refractivity contribution in [3.8, 4) is 0 Å². The summed E-state index contributed by atoms with van der Waals surface area (Å²) in [6, 6.07) is 5.29. The van der Waals surface area contributed by atoms with E-state index in [1.807, 2.05) is 11.4 Å². The summed E-state index contributed by atoms with van der Waals surface area (Å²) in [5.74, 6) is 0.746. The lowest BCUT2D eigenvalue weighted by Gasteiger charge is -2.40. The van der Waals surface area contributed by atoms with Gasteiger partial charge in [-0.15, -0.1) is 11.3 Å². The van der Waals surface area contributed by atoms with Crippen molar-refractivity contribution >= 4 is 27.3 Å². The van der Waals surface area contributed by atoms with Gasteiger partial charge >= 0.3 is 0 Å². The highest BCUT2D eigenvalue weighted by Crippen LogP contribution is 2.41. The maximum Gasteiger partial charge on any atom is 0.252 e. The van der Waals surface area contributed by atoms with Gasteiger partial charge in [0.05, 0.1) is 0 Å². The van der Waals surface area contributed by atoms with Crippen LogP contribution in [0.25, 0.3) is 0 Å². The summed E-state index contributed by atoms with van der Waals surface area (Å²) >= 11 is 1.29. The first-order valence-corrected chi connectivity index (χ1v) is 10.5. The van der Waals surface area contributed by atoms with Gasteiger partial charge < -0.3 is 4.90 Å². The van der Waals surface area contributed by atoms with Gasteiger partial charge in [-0.3, -0.25) is 0 Å². The lowest BCUT2D eigenvalue weighted by Crippen LogP contribution is -2.46. The van der Waals surface area contributed by atoms with E-state index in [1.165, 1.54) is 11.3 Å². The average Bonchev–Trinajstić information content (AvgIpc) is 3.27. The predicted molar refractivity (Wildman–Crippen MR) is 93.6 cm³/mol. The fourth-order valence-corrected chi connectivity index (χ4v) is 6.50. The summed E-state index contributed by atoms with van der Waals surface area (Å²) in [6.45, 7) is 2.96. The van der Waals surface area contributed by atoms with Crippen LogP contribution in [0, 0.1) is 5.41 Å². The maximum absolute atomic E-state index is 12.8. The Labute approximate surface area is 146 Å². The molecule has 4 heterocycles. The van der Waals surface area contributed by atoms with Crippen molar-refractivity contribution in [3.63, 3.8) is 0 Å². The summed E-state index contributed by atoms with van der Waals surface area (Å²) in [5.41, 5.74) is 0.0157. The van der Waals surface area contributed by atoms with Crippen LogP contribution in [0.15, 0.2) is 40.2 Å². The number of hydrogen-bond donors (Lipinski definition) is 0. The fourth-order valence-electron chi connectivity index (χ4n) is 3.80. The van der Waals surface area contributed by atoms with E-state index in [1.54, 1.807) is 28.8 Å². The third-order valence-corrected chi connectivity index (χ3v) is 8.21. The zero-order valence-electron chi connectivity index (χ0n) is 13.3. The summed E-state index contributed by atoms with van der Waals surface area (Å²) in [4.78, 5) is 10.9. The van der Waals surface area contributed by atoms with E-state index in [0.717, 1.165) is 38.3 Å². The first kappa shape index (κ1) is 16.0. The first-order chi connectivity index (χ1) is 11.6. The standard InChI is InChI=1S/C16H20N4O2S2/c21-24(22,14-4-1-11-23-14)20-10-6-16(13-20)5-2-9-19(12-16)15-17-7-3-8-18-15/h1,3-4,7-8,11H,2,5-6,9-10,12-13H2/t16-/m1/s1. The predicted octanol–water partition coefficient (Wildman–Crippen LogP) is 2.22. The second-order valence-electron chi connectivity index (χ2n) is 6.59. The molecule has 24 heavy (non-hydrogen) atoms. The SMILES string of the molecule is O=S(=O)(c1cccs1)N1CC[C@@]2(CCCN(c3ncccn3)C2)C1. The summed E-state index contributed by atoms with van der Waals surface area (Å²) in [7, 11) is -3.35. The molecular formula is C16H20N4O2S2. The number of anilines is 1. The van der Waals surface area contributed by atoms with Gasteiger partial charge in [-0.25, -0.2) is 18.4 Å². The Morgan fingerprint density at radius 3 is 2.67 bits per heavy atom. The molecule has 8 heteroatoms. The van der Waals surface area contributed by atoms with E-state index < -0.39 is 10.0 Å². The Kier molecular flexibility index (Phi) is 4.06. The molecule has 0 unspecified atom stereocenters. The van der Waals surface area contributed by atoms with Crippen molar-refractivity contribution in [2.75, 3.05) is 31.1 Å². The Balaban J connectivity index is 1.53. The van der Waals surface area contributed by atoms with Crippen molar-refractivity contribution in [1.29, 1.82) is 0 Å². The fraction of sp³-hybridized carbons (Fsp3) is 0.500. The smallest absolute Gasteiger partial charge is 0.252 e. The molecule has 2 aliphatic heterocycles. The van der Waals surface area contributed by atoms with Gasteiger partial charge in [0, 0.05) is 44.0 Å². The van der Waals surface area contributed by atoms with Crippen LogP contribution in [-0.4, -0.2) is 48.9 Å². The Morgan fingerprint density at radius 1 is 1.08 bits per heavy atom. The molecule has 4 rings (SSSR count). The van der Waals surface area contributed by atoms with Crippen LogP contribution in [0.5, 0.6) is 0 Å². The normalized spacial score (nSPS) is 25.4. The van der Waals surface area contributed by atoms with E-state index in [2.05, 4.69) is 14.9 Å². The number of piperidine rings is 1. The molecule has 2 aliphatic rings. The molecule has 0 aliphatic carbocycles. The van der Waals surface area contributed by atoms with Crippen molar-refractivity contribution in [2.24, 2.45) is 5.41 Å². The van der Waals surface area contributed by atoms with E-state index in [0.29, 0.717) is 17.3 Å². The zero-order chi connectivity index (χ0) is 16.6. The molecule has 0 N–H and O–H groups in total. The highest BCUT2D eigenvalue weighted by molar-refractivity contribution is 7.91. The molecule has 0 aromatic carbocycles. The van der Waals surface area contributed by atoms with Crippen molar-refractivity contribution in [1.82, 2.24) is 14.3 Å². The molecule has 0 saturated carbocycles. The van der Waals surface area contributed by atoms with Gasteiger partial charge in [0.25, 0.3) is 10.0 Å². The van der Waals surface area contributed by atoms with Gasteiger partial charge in [-0.05, 0) is 36.8 Å². The number of nitrogens with zero attached hydrogens (tertiary/aromatic N) is 4. The van der Waals surface area contributed by atoms with E-state index in [-0.39, 0.29) is 5.41 Å². The van der Waals surface area contributed by atoms with Crippen LogP contribution < -0.4 is 4.90 Å². The van der Waals surface area contributed by atoms with Crippen LogP contribution in [0.3, 0.4) is 0 Å². The van der Waals surface area contributed by atoms with Crippen LogP contribution in [-0.2, 0) is 10.0 Å². The van der Waals surface area contributed by atoms with Crippen LogP contribution in [0.2, 0.25) is 0 Å². The minimum atomic E-state index is -3.35. The topological polar surface area (TPSA) is 66.4 Å². The van der Waals surface area contributed by atoms with Gasteiger partial charge in [0.15, 0.2) is 0 Å². The second kappa shape index (κ2) is 6.09. The third-order valence-electron chi connectivity index (χ3n) is 4.99. The van der Waals surface area contributed by atoms with Gasteiger partial charge in [-0.2, -0.15) is 4.31 Å². The van der Waals surface area contributed by atoms with E-state index in [9.17, 15) is 8.42 Å². The number of aromatic nitrogens is 2. The van der Waals surface area contributed by atoms with Gasteiger partial charge in [0.1, 0.15) is 4.21 Å². The molecule has 0 bridgehead atoms. The molecule has 0 amide bonds. The maximum atomic E-state index is 12.8. The molecule has 128 valence electrons. The van der Waals surface area contributed by atoms with Crippen LogP contribution in [0.1, 0.15) is 19.3 Å². The van der Waals surface area contributed by atoms with Crippen molar-refractivity contribution in [2.45, 2.75) is 23.5 Å². The molecule has 0 radical (unpaired) electrons. The van der Waals surface area contributed by atoms with E-state index >= 15 is 0 Å². The average molecular weight is 364 g/mol. The summed E-state index contributed by atoms with van der Waals surface area (Å²) in [6.07, 6.45) is 6.52. The summed E-state index contributed by atoms with van der Waals surface area (Å²) in [5, 5.41) is 1.81. The number of thiophene rings is 1. The molecule has 1 atom stereocenters. The van der Waals surface area contributed by atoms with Crippen molar-refractivity contribution < 1.29 is 8.42 Å². The largest absolute Gasteiger partial charge is 0.340 e. The number of sulfonamides is 1. The Bertz CT molecular complexity index is 795. The molecule has 2 aromatic heterocycles. The van der Waals surface area contributed by atoms with Gasteiger partial charge in [-0.1, -0.05) is 6.07 Å². The molecule has 2 aromatic rings. The van der Waals surface area contributed by atoms with Gasteiger partial charge in [0.2, 0.25) is 5.95 Å². The Hall–Kier alpha value is -1.51. The first-order valence-electron chi connectivity index (χ1n) is 8.15. The molecule has 2 fully saturated rings. The molecule has 1 spiro atoms. The molecular weight excluding hydrogens is 344 g/mol. The molecule has 2 saturated heterocycles. The van der Waals surface area contributed by atoms with Crippen LogP contribution >= 0.6 is 11.3 Å². The minimum Gasteiger partial charge on any atom is -0.340 e. The molecule has 6 nitrogen and oxygen atoms in total. The zero-order valence-corrected chi connectivity index (χ0v) is 15.0. The summed E-state index contributed by atoms with van der Waals surface area (Å²) < 4.78 is 27.6. The lowest BCUT2D eigenvalue weighted by atomic mass is 9.79. The van der Waals surface area contributed by atoms with E-state index in [4.69, 9.17) is 0 Å². The number of hydrogen-bond acceptors (Lipinski definition) is 6. The third kappa shape index (κ3) is 2.82. The highest BCUT2D eigenvalue weighted by atomic mass is 32.2. The van der Waals surface area contributed by atoms with Crippen molar-refractivity contribution in [3.05, 3.63) is 36.0 Å². The second-order valence-corrected chi connectivity index (χ2v) is 9.71. The number of rotatable bonds is 3. The minimum absolute atomic E-state index is 0.0157. The highest BCUT2D eigenvalue weighted by Gasteiger charge is 2.45. The Morgan fingerprint density at radius 2 is 1.92 bits per heavy atom. The monoisotopic (exact) mass is 364 g/mol. The quantitative estimate of drug-likeness (QED) is 0.835.